The van der Waals surface area contributed by atoms with E-state index >= 15 is 0 Å². The zero-order chi connectivity index (χ0) is 19.1. The lowest BCUT2D eigenvalue weighted by atomic mass is 10.1. The molecule has 25 heavy (non-hydrogen) atoms. The van der Waals surface area contributed by atoms with Crippen LogP contribution in [0.1, 0.15) is 38.8 Å². The van der Waals surface area contributed by atoms with Gasteiger partial charge in [-0.05, 0) is 51.8 Å². The van der Waals surface area contributed by atoms with Gasteiger partial charge < -0.3 is 19.1 Å². The summed E-state index contributed by atoms with van der Waals surface area (Å²) in [7, 11) is -3.26. The molecule has 6 nitrogen and oxygen atoms in total. The van der Waals surface area contributed by atoms with Crippen molar-refractivity contribution in [2.24, 2.45) is 0 Å². The first-order chi connectivity index (χ1) is 11.6. The molecular weight excluding hydrogens is 348 g/mol. The Morgan fingerprint density at radius 1 is 1.32 bits per heavy atom. The average molecular weight is 375 g/mol. The van der Waals surface area contributed by atoms with E-state index in [0.29, 0.717) is 13.0 Å². The molecule has 8 heteroatoms. The highest BCUT2D eigenvalue weighted by atomic mass is 31.2. The summed E-state index contributed by atoms with van der Waals surface area (Å²) in [4.78, 5) is 11.6. The molecule has 142 valence electrons. The summed E-state index contributed by atoms with van der Waals surface area (Å²) in [5, 5.41) is 2.64. The van der Waals surface area contributed by atoms with Crippen molar-refractivity contribution in [3.05, 3.63) is 29.3 Å². The van der Waals surface area contributed by atoms with E-state index in [4.69, 9.17) is 13.8 Å². The normalized spacial score (nSPS) is 13.8. The van der Waals surface area contributed by atoms with Crippen LogP contribution in [0.5, 0.6) is 5.75 Å². The van der Waals surface area contributed by atoms with Crippen molar-refractivity contribution >= 4 is 13.7 Å². The van der Waals surface area contributed by atoms with Gasteiger partial charge in [0.05, 0.1) is 6.61 Å². The van der Waals surface area contributed by atoms with Crippen LogP contribution in [-0.4, -0.2) is 31.5 Å². The minimum Gasteiger partial charge on any atom is -0.444 e. The van der Waals surface area contributed by atoms with Crippen molar-refractivity contribution in [2.45, 2.75) is 46.4 Å². The largest absolute Gasteiger partial charge is 0.444 e. The van der Waals surface area contributed by atoms with Crippen LogP contribution in [-0.2, 0) is 26.9 Å². The lowest BCUT2D eigenvalue weighted by molar-refractivity contribution is 0.0528. The summed E-state index contributed by atoms with van der Waals surface area (Å²) in [6.07, 6.45) is 0.00343. The molecule has 1 unspecified atom stereocenters. The summed E-state index contributed by atoms with van der Waals surface area (Å²) in [6.45, 7) is 8.25. The maximum atomic E-state index is 13.3. The van der Waals surface area contributed by atoms with Gasteiger partial charge in [-0.1, -0.05) is 6.07 Å². The molecular formula is C17H27FNO5P. The van der Waals surface area contributed by atoms with Crippen molar-refractivity contribution in [3.63, 3.8) is 0 Å². The Bertz CT molecular complexity index is 630. The van der Waals surface area contributed by atoms with Gasteiger partial charge in [0.2, 0.25) is 0 Å². The van der Waals surface area contributed by atoms with Crippen LogP contribution in [0.4, 0.5) is 9.18 Å². The molecule has 0 aromatic heterocycles. The number of alkyl halides is 1. The number of halogens is 1. The Hall–Kier alpha value is -1.59. The fourth-order valence-electron chi connectivity index (χ4n) is 2.04. The molecule has 0 saturated carbocycles. The number of carbonyl (C=O) groups is 1. The molecule has 1 amide bonds. The van der Waals surface area contributed by atoms with Gasteiger partial charge in [-0.25, -0.2) is 13.8 Å². The third-order valence-electron chi connectivity index (χ3n) is 2.98. The molecule has 1 aromatic rings. The van der Waals surface area contributed by atoms with E-state index in [1.807, 2.05) is 0 Å². The molecule has 1 aromatic carbocycles. The van der Waals surface area contributed by atoms with E-state index in [9.17, 15) is 13.8 Å². The second kappa shape index (κ2) is 9.20. The van der Waals surface area contributed by atoms with Crippen molar-refractivity contribution in [1.82, 2.24) is 5.32 Å². The molecule has 0 saturated heterocycles. The van der Waals surface area contributed by atoms with E-state index in [0.717, 1.165) is 5.56 Å². The molecule has 0 aliphatic rings. The zero-order valence-electron chi connectivity index (χ0n) is 15.4. The number of hydrogen-bond acceptors (Lipinski definition) is 5. The van der Waals surface area contributed by atoms with Crippen LogP contribution < -0.4 is 9.84 Å². The number of carbonyl (C=O) groups excluding carboxylic acids is 1. The Balaban J connectivity index is 2.66. The van der Waals surface area contributed by atoms with Crippen molar-refractivity contribution in [2.75, 3.05) is 19.8 Å². The highest BCUT2D eigenvalue weighted by Crippen LogP contribution is 2.45. The second-order valence-corrected chi connectivity index (χ2v) is 8.52. The monoisotopic (exact) mass is 375 g/mol. The lowest BCUT2D eigenvalue weighted by Crippen LogP contribution is -2.33. The number of hydrogen-bond donors (Lipinski definition) is 1. The zero-order valence-corrected chi connectivity index (χ0v) is 16.3. The molecule has 1 N–H and O–H groups in total. The summed E-state index contributed by atoms with van der Waals surface area (Å²) < 4.78 is 40.8. The van der Waals surface area contributed by atoms with E-state index in [-0.39, 0.29) is 17.9 Å². The Labute approximate surface area is 148 Å². The molecule has 0 aliphatic heterocycles. The summed E-state index contributed by atoms with van der Waals surface area (Å²) in [6, 6.07) is 4.92. The number of ether oxygens (including phenoxy) is 1. The number of benzene rings is 1. The van der Waals surface area contributed by atoms with Crippen molar-refractivity contribution in [1.29, 1.82) is 0 Å². The van der Waals surface area contributed by atoms with Crippen LogP contribution in [0.3, 0.4) is 0 Å². The van der Waals surface area contributed by atoms with E-state index in [2.05, 4.69) is 5.32 Å². The van der Waals surface area contributed by atoms with Crippen LogP contribution >= 0.6 is 7.60 Å². The number of alkyl carbamates (subject to hydrolysis) is 1. The number of rotatable bonds is 8. The van der Waals surface area contributed by atoms with E-state index in [1.54, 1.807) is 45.9 Å². The first-order valence-corrected chi connectivity index (χ1v) is 10.1. The lowest BCUT2D eigenvalue weighted by Gasteiger charge is -2.19. The molecule has 0 bridgehead atoms. The highest BCUT2D eigenvalue weighted by molar-refractivity contribution is 7.53. The van der Waals surface area contributed by atoms with Crippen LogP contribution in [0.15, 0.2) is 18.2 Å². The maximum absolute atomic E-state index is 13.3. The molecule has 0 radical (unpaired) electrons. The SMILES string of the molecule is CCOP(C)(=O)Oc1ccc(CCNC(=O)OC(C)(C)C)cc1CF. The van der Waals surface area contributed by atoms with Gasteiger partial charge in [0.1, 0.15) is 18.0 Å². The number of nitrogens with one attached hydrogen (secondary N) is 1. The molecule has 0 aliphatic carbocycles. The van der Waals surface area contributed by atoms with Gasteiger partial charge in [-0.2, -0.15) is 0 Å². The summed E-state index contributed by atoms with van der Waals surface area (Å²) in [5.74, 6) is 0.200. The van der Waals surface area contributed by atoms with Crippen molar-refractivity contribution < 1.29 is 27.5 Å². The van der Waals surface area contributed by atoms with Gasteiger partial charge in [0.25, 0.3) is 0 Å². The fraction of sp³-hybridized carbons (Fsp3) is 0.588. The van der Waals surface area contributed by atoms with E-state index < -0.39 is 26.0 Å². The van der Waals surface area contributed by atoms with Crippen LogP contribution in [0.25, 0.3) is 0 Å². The molecule has 1 rings (SSSR count). The van der Waals surface area contributed by atoms with Gasteiger partial charge in [-0.15, -0.1) is 0 Å². The van der Waals surface area contributed by atoms with E-state index in [1.165, 1.54) is 6.66 Å². The number of amides is 1. The summed E-state index contributed by atoms with van der Waals surface area (Å²) in [5.41, 5.74) is 0.550. The quantitative estimate of drug-likeness (QED) is 0.679. The average Bonchev–Trinajstić information content (AvgIpc) is 2.46. The smallest absolute Gasteiger partial charge is 0.407 e. The van der Waals surface area contributed by atoms with Gasteiger partial charge in [0.15, 0.2) is 0 Å². The van der Waals surface area contributed by atoms with Gasteiger partial charge in [0, 0.05) is 18.8 Å². The fourth-order valence-corrected chi connectivity index (χ4v) is 3.10. The first kappa shape index (κ1) is 21.5. The Kier molecular flexibility index (Phi) is 7.90. The minimum absolute atomic E-state index is 0.200. The minimum atomic E-state index is -3.26. The van der Waals surface area contributed by atoms with Crippen molar-refractivity contribution in [3.8, 4) is 5.75 Å². The van der Waals surface area contributed by atoms with Crippen LogP contribution in [0, 0.1) is 0 Å². The first-order valence-electron chi connectivity index (χ1n) is 8.12. The predicted octanol–water partition coefficient (Wildman–Crippen LogP) is 4.46. The second-order valence-electron chi connectivity index (χ2n) is 6.53. The third kappa shape index (κ3) is 8.36. The topological polar surface area (TPSA) is 73.9 Å². The van der Waals surface area contributed by atoms with Gasteiger partial charge >= 0.3 is 13.7 Å². The molecule has 1 atom stereocenters. The molecule has 0 heterocycles. The third-order valence-corrected chi connectivity index (χ3v) is 4.23. The Morgan fingerprint density at radius 3 is 2.56 bits per heavy atom. The standard InChI is InChI=1S/C17H27FNO5P/c1-6-22-25(5,21)24-15-8-7-13(11-14(15)12-18)9-10-19-16(20)23-17(2,3)4/h7-8,11H,6,9-10,12H2,1-5H3,(H,19,20). The van der Waals surface area contributed by atoms with Crippen LogP contribution in [0.2, 0.25) is 0 Å². The molecule has 0 fully saturated rings. The maximum Gasteiger partial charge on any atom is 0.407 e. The summed E-state index contributed by atoms with van der Waals surface area (Å²) >= 11 is 0. The molecule has 0 spiro atoms. The highest BCUT2D eigenvalue weighted by Gasteiger charge is 2.20. The predicted molar refractivity (Wildman–Crippen MR) is 95.0 cm³/mol. The van der Waals surface area contributed by atoms with Gasteiger partial charge in [-0.3, -0.25) is 0 Å². The Morgan fingerprint density at radius 2 is 2.00 bits per heavy atom.